The Balaban J connectivity index is 1.87. The summed E-state index contributed by atoms with van der Waals surface area (Å²) in [6.07, 6.45) is 6.46. The molecule has 6 heteroatoms. The minimum atomic E-state index is -0.967. The molecule has 2 aliphatic carbocycles. The second-order valence-corrected chi connectivity index (χ2v) is 5.99. The highest BCUT2D eigenvalue weighted by atomic mass is 16.4. The van der Waals surface area contributed by atoms with Crippen LogP contribution in [0, 0.1) is 11.3 Å². The van der Waals surface area contributed by atoms with Gasteiger partial charge >= 0.3 is 5.97 Å². The van der Waals surface area contributed by atoms with Gasteiger partial charge < -0.3 is 5.11 Å². The Labute approximate surface area is 118 Å². The maximum Gasteiger partial charge on any atom is 0.310 e. The van der Waals surface area contributed by atoms with Crippen molar-refractivity contribution in [3.63, 3.8) is 0 Å². The van der Waals surface area contributed by atoms with Crippen LogP contribution < -0.4 is 10.9 Å². The van der Waals surface area contributed by atoms with E-state index in [9.17, 15) is 19.5 Å². The van der Waals surface area contributed by atoms with Gasteiger partial charge in [-0.2, -0.15) is 0 Å². The number of hydrazine groups is 1. The van der Waals surface area contributed by atoms with Gasteiger partial charge in [0.1, 0.15) is 0 Å². The molecule has 0 aromatic rings. The van der Waals surface area contributed by atoms with Crippen LogP contribution in [-0.4, -0.2) is 22.9 Å². The molecule has 3 N–H and O–H groups in total. The summed E-state index contributed by atoms with van der Waals surface area (Å²) >= 11 is 0. The average Bonchev–Trinajstić information content (AvgIpc) is 3.23. The van der Waals surface area contributed by atoms with Crippen LogP contribution in [0.15, 0.2) is 0 Å². The molecule has 0 aromatic carbocycles. The average molecular weight is 282 g/mol. The minimum absolute atomic E-state index is 0.0154. The molecule has 2 aliphatic rings. The van der Waals surface area contributed by atoms with Crippen molar-refractivity contribution in [1.82, 2.24) is 10.9 Å². The van der Waals surface area contributed by atoms with E-state index in [1.54, 1.807) is 0 Å². The van der Waals surface area contributed by atoms with E-state index >= 15 is 0 Å². The summed E-state index contributed by atoms with van der Waals surface area (Å²) in [5.74, 6) is -1.48. The monoisotopic (exact) mass is 282 g/mol. The molecule has 0 bridgehead atoms. The predicted molar refractivity (Wildman–Crippen MR) is 71.4 cm³/mol. The molecular weight excluding hydrogens is 260 g/mol. The molecule has 2 saturated carbocycles. The largest absolute Gasteiger partial charge is 0.481 e. The van der Waals surface area contributed by atoms with Gasteiger partial charge in [0.2, 0.25) is 11.8 Å². The third kappa shape index (κ3) is 3.71. The number of hydrogen-bond acceptors (Lipinski definition) is 3. The number of carboxylic acid groups (broad SMARTS) is 1. The number of hydrogen-bond donors (Lipinski definition) is 3. The van der Waals surface area contributed by atoms with Crippen molar-refractivity contribution in [2.45, 2.75) is 57.8 Å². The molecule has 6 nitrogen and oxygen atoms in total. The minimum Gasteiger partial charge on any atom is -0.481 e. The fraction of sp³-hybridized carbons (Fsp3) is 0.786. The van der Waals surface area contributed by atoms with Crippen molar-refractivity contribution in [3.8, 4) is 0 Å². The van der Waals surface area contributed by atoms with Crippen molar-refractivity contribution in [2.75, 3.05) is 0 Å². The Hall–Kier alpha value is -1.59. The van der Waals surface area contributed by atoms with E-state index in [4.69, 9.17) is 0 Å². The second-order valence-electron chi connectivity index (χ2n) is 5.99. The van der Waals surface area contributed by atoms with Crippen LogP contribution >= 0.6 is 0 Å². The Morgan fingerprint density at radius 2 is 1.60 bits per heavy atom. The summed E-state index contributed by atoms with van der Waals surface area (Å²) in [5, 5.41) is 9.47. The normalized spacial score (nSPS) is 21.6. The SMILES string of the molecule is O=C(CC1(C(=O)O)CCCCCC1)NNC(=O)C1CC1. The number of aliphatic carboxylic acids is 1. The van der Waals surface area contributed by atoms with E-state index in [1.165, 1.54) is 0 Å². The molecule has 2 fully saturated rings. The Kier molecular flexibility index (Phi) is 4.62. The van der Waals surface area contributed by atoms with Gasteiger partial charge in [-0.3, -0.25) is 25.2 Å². The van der Waals surface area contributed by atoms with E-state index in [-0.39, 0.29) is 18.2 Å². The zero-order valence-electron chi connectivity index (χ0n) is 11.6. The molecule has 20 heavy (non-hydrogen) atoms. The van der Waals surface area contributed by atoms with Crippen molar-refractivity contribution in [3.05, 3.63) is 0 Å². The molecule has 0 aromatic heterocycles. The van der Waals surface area contributed by atoms with Crippen LogP contribution in [0.2, 0.25) is 0 Å². The van der Waals surface area contributed by atoms with Crippen molar-refractivity contribution in [2.24, 2.45) is 11.3 Å². The first-order valence-electron chi connectivity index (χ1n) is 7.36. The molecule has 0 aliphatic heterocycles. The molecule has 0 spiro atoms. The van der Waals surface area contributed by atoms with Gasteiger partial charge in [-0.25, -0.2) is 0 Å². The highest BCUT2D eigenvalue weighted by Crippen LogP contribution is 2.38. The van der Waals surface area contributed by atoms with E-state index in [2.05, 4.69) is 10.9 Å². The lowest BCUT2D eigenvalue weighted by atomic mass is 9.77. The highest BCUT2D eigenvalue weighted by Gasteiger charge is 2.40. The Morgan fingerprint density at radius 3 is 2.10 bits per heavy atom. The standard InChI is InChI=1S/C14H22N2O4/c17-11(15-16-12(18)10-5-6-10)9-14(13(19)20)7-3-1-2-4-8-14/h10H,1-9H2,(H,15,17)(H,16,18)(H,19,20). The molecule has 0 radical (unpaired) electrons. The molecule has 0 heterocycles. The highest BCUT2D eigenvalue weighted by molar-refractivity contribution is 5.87. The zero-order valence-corrected chi connectivity index (χ0v) is 11.6. The molecule has 0 atom stereocenters. The number of rotatable bonds is 4. The smallest absolute Gasteiger partial charge is 0.310 e. The van der Waals surface area contributed by atoms with Crippen molar-refractivity contribution in [1.29, 1.82) is 0 Å². The lowest BCUT2D eigenvalue weighted by Gasteiger charge is -2.27. The fourth-order valence-corrected chi connectivity index (χ4v) is 2.80. The fourth-order valence-electron chi connectivity index (χ4n) is 2.80. The van der Waals surface area contributed by atoms with Crippen LogP contribution in [0.1, 0.15) is 57.8 Å². The van der Waals surface area contributed by atoms with Crippen molar-refractivity contribution < 1.29 is 19.5 Å². The summed E-state index contributed by atoms with van der Waals surface area (Å²) in [6, 6.07) is 0. The first-order chi connectivity index (χ1) is 9.53. The summed E-state index contributed by atoms with van der Waals surface area (Å²) in [6.45, 7) is 0. The third-order valence-electron chi connectivity index (χ3n) is 4.29. The molecule has 0 saturated heterocycles. The van der Waals surface area contributed by atoms with Gasteiger partial charge in [0.25, 0.3) is 0 Å². The van der Waals surface area contributed by atoms with E-state index in [0.29, 0.717) is 12.8 Å². The van der Waals surface area contributed by atoms with Crippen LogP contribution in [0.4, 0.5) is 0 Å². The maximum absolute atomic E-state index is 11.9. The Bertz CT molecular complexity index is 396. The molecule has 2 amide bonds. The summed E-state index contributed by atoms with van der Waals surface area (Å²) in [5.41, 5.74) is 3.76. The first-order valence-corrected chi connectivity index (χ1v) is 7.36. The predicted octanol–water partition coefficient (Wildman–Crippen LogP) is 1.36. The van der Waals surface area contributed by atoms with Crippen LogP contribution in [-0.2, 0) is 14.4 Å². The second kappa shape index (κ2) is 6.24. The number of carbonyl (C=O) groups is 3. The number of nitrogens with one attached hydrogen (secondary N) is 2. The van der Waals surface area contributed by atoms with E-state index < -0.39 is 17.3 Å². The van der Waals surface area contributed by atoms with Crippen LogP contribution in [0.25, 0.3) is 0 Å². The van der Waals surface area contributed by atoms with Gasteiger partial charge in [0.05, 0.1) is 5.41 Å². The Morgan fingerprint density at radius 1 is 1.00 bits per heavy atom. The number of carboxylic acids is 1. The molecule has 112 valence electrons. The lowest BCUT2D eigenvalue weighted by molar-refractivity contribution is -0.153. The van der Waals surface area contributed by atoms with E-state index in [1.807, 2.05) is 0 Å². The van der Waals surface area contributed by atoms with Crippen LogP contribution in [0.3, 0.4) is 0 Å². The summed E-state index contributed by atoms with van der Waals surface area (Å²) in [4.78, 5) is 34.9. The molecule has 2 rings (SSSR count). The zero-order chi connectivity index (χ0) is 14.6. The van der Waals surface area contributed by atoms with Gasteiger partial charge in [0, 0.05) is 12.3 Å². The maximum atomic E-state index is 11.9. The van der Waals surface area contributed by atoms with Crippen LogP contribution in [0.5, 0.6) is 0 Å². The van der Waals surface area contributed by atoms with E-state index in [0.717, 1.165) is 38.5 Å². The third-order valence-corrected chi connectivity index (χ3v) is 4.29. The van der Waals surface area contributed by atoms with Gasteiger partial charge in [-0.1, -0.05) is 25.7 Å². The lowest BCUT2D eigenvalue weighted by Crippen LogP contribution is -2.45. The topological polar surface area (TPSA) is 95.5 Å². The molecule has 0 unspecified atom stereocenters. The quantitative estimate of drug-likeness (QED) is 0.536. The number of carbonyl (C=O) groups excluding carboxylic acids is 2. The van der Waals surface area contributed by atoms with Gasteiger partial charge in [-0.15, -0.1) is 0 Å². The summed E-state index contributed by atoms with van der Waals surface area (Å²) in [7, 11) is 0. The number of amides is 2. The molecular formula is C14H22N2O4. The van der Waals surface area contributed by atoms with Gasteiger partial charge in [-0.05, 0) is 25.7 Å². The summed E-state index contributed by atoms with van der Waals surface area (Å²) < 4.78 is 0. The first kappa shape index (κ1) is 14.8. The van der Waals surface area contributed by atoms with Crippen molar-refractivity contribution >= 4 is 17.8 Å². The van der Waals surface area contributed by atoms with Gasteiger partial charge in [0.15, 0.2) is 0 Å².